The lowest BCUT2D eigenvalue weighted by atomic mass is 9.91. The van der Waals surface area contributed by atoms with Gasteiger partial charge >= 0.3 is 0 Å². The van der Waals surface area contributed by atoms with Crippen LogP contribution in [0.1, 0.15) is 47.8 Å². The first-order valence-corrected chi connectivity index (χ1v) is 9.18. The number of nitrogens with two attached hydrogens (primary N) is 1. The van der Waals surface area contributed by atoms with Crippen LogP contribution < -0.4 is 11.1 Å². The fourth-order valence-electron chi connectivity index (χ4n) is 2.84. The highest BCUT2D eigenvalue weighted by molar-refractivity contribution is 7.98. The maximum absolute atomic E-state index is 12.6. The molecule has 8 heteroatoms. The number of aromatic nitrogens is 2. The van der Waals surface area contributed by atoms with Crippen molar-refractivity contribution in [2.24, 2.45) is 5.73 Å². The first-order chi connectivity index (χ1) is 11.6. The van der Waals surface area contributed by atoms with Gasteiger partial charge in [0.15, 0.2) is 5.82 Å². The van der Waals surface area contributed by atoms with Gasteiger partial charge in [0.25, 0.3) is 5.91 Å². The van der Waals surface area contributed by atoms with E-state index < -0.39 is 0 Å². The molecule has 0 bridgehead atoms. The molecule has 3 N–H and O–H groups in total. The summed E-state index contributed by atoms with van der Waals surface area (Å²) in [5, 5.41) is 6.92. The molecule has 0 atom stereocenters. The minimum atomic E-state index is -0.0275. The fraction of sp³-hybridized carbons (Fsp3) is 0.471. The predicted octanol–water partition coefficient (Wildman–Crippen LogP) is 3.09. The molecule has 0 aliphatic heterocycles. The van der Waals surface area contributed by atoms with Crippen LogP contribution in [0.2, 0.25) is 0 Å². The summed E-state index contributed by atoms with van der Waals surface area (Å²) in [5.74, 6) is 1.70. The summed E-state index contributed by atoms with van der Waals surface area (Å²) < 4.78 is 5.12. The zero-order valence-electron chi connectivity index (χ0n) is 14.1. The molecule has 0 radical (unpaired) electrons. The van der Waals surface area contributed by atoms with E-state index in [1.54, 1.807) is 6.92 Å². The largest absolute Gasteiger partial charge is 0.349 e. The van der Waals surface area contributed by atoms with E-state index in [4.69, 9.17) is 10.3 Å². The normalized spacial score (nSPS) is 19.9. The molecule has 25 heavy (non-hydrogen) atoms. The van der Waals surface area contributed by atoms with Crippen LogP contribution in [0.5, 0.6) is 0 Å². The Morgan fingerprint density at radius 1 is 1.32 bits per heavy atom. The van der Waals surface area contributed by atoms with Crippen LogP contribution in [0.15, 0.2) is 33.7 Å². The molecule has 0 saturated heterocycles. The van der Waals surface area contributed by atoms with Crippen molar-refractivity contribution >= 4 is 30.1 Å². The highest BCUT2D eigenvalue weighted by Crippen LogP contribution is 2.26. The number of thioether (sulfide) groups is 1. The number of benzene rings is 1. The summed E-state index contributed by atoms with van der Waals surface area (Å²) in [5.41, 5.74) is 6.61. The van der Waals surface area contributed by atoms with E-state index in [9.17, 15) is 4.79 Å². The number of aryl methyl sites for hydroxylation is 1. The summed E-state index contributed by atoms with van der Waals surface area (Å²) in [7, 11) is 0. The fourth-order valence-corrected chi connectivity index (χ4v) is 3.73. The molecule has 1 aliphatic carbocycles. The summed E-state index contributed by atoms with van der Waals surface area (Å²) in [6.07, 6.45) is 3.84. The van der Waals surface area contributed by atoms with Crippen molar-refractivity contribution in [3.63, 3.8) is 0 Å². The van der Waals surface area contributed by atoms with E-state index in [1.165, 1.54) is 11.8 Å². The van der Waals surface area contributed by atoms with E-state index in [1.807, 2.05) is 24.3 Å². The van der Waals surface area contributed by atoms with Crippen LogP contribution in [0.3, 0.4) is 0 Å². The number of hydrogen-bond acceptors (Lipinski definition) is 6. The zero-order chi connectivity index (χ0) is 16.9. The Kier molecular flexibility index (Phi) is 7.28. The molecule has 1 fully saturated rings. The van der Waals surface area contributed by atoms with E-state index >= 15 is 0 Å². The monoisotopic (exact) mass is 382 g/mol. The lowest BCUT2D eigenvalue weighted by Gasteiger charge is -2.27. The second-order valence-corrected chi connectivity index (χ2v) is 7.12. The quantitative estimate of drug-likeness (QED) is 0.771. The molecule has 6 nitrogen and oxygen atoms in total. The number of nitrogens with one attached hydrogen (secondary N) is 1. The predicted molar refractivity (Wildman–Crippen MR) is 100.0 cm³/mol. The second-order valence-electron chi connectivity index (χ2n) is 6.11. The Morgan fingerprint density at radius 2 is 2.04 bits per heavy atom. The number of carbonyl (C=O) groups is 1. The van der Waals surface area contributed by atoms with E-state index in [2.05, 4.69) is 15.5 Å². The lowest BCUT2D eigenvalue weighted by molar-refractivity contribution is 0.0923. The first kappa shape index (κ1) is 19.8. The molecule has 3 rings (SSSR count). The van der Waals surface area contributed by atoms with E-state index in [0.717, 1.165) is 30.6 Å². The highest BCUT2D eigenvalue weighted by atomic mass is 35.5. The minimum Gasteiger partial charge on any atom is -0.349 e. The smallest absolute Gasteiger partial charge is 0.252 e. The molecule has 1 aromatic heterocycles. The molecular formula is C17H23ClN4O2S. The molecule has 1 aliphatic rings. The van der Waals surface area contributed by atoms with Gasteiger partial charge in [0.05, 0.1) is 11.3 Å². The van der Waals surface area contributed by atoms with Gasteiger partial charge in [0.2, 0.25) is 5.89 Å². The van der Waals surface area contributed by atoms with Gasteiger partial charge < -0.3 is 15.6 Å². The third-order valence-corrected chi connectivity index (χ3v) is 5.22. The van der Waals surface area contributed by atoms with Gasteiger partial charge in [-0.1, -0.05) is 17.3 Å². The topological polar surface area (TPSA) is 94.0 Å². The Balaban J connectivity index is 0.00000225. The van der Waals surface area contributed by atoms with Crippen molar-refractivity contribution in [2.75, 3.05) is 0 Å². The van der Waals surface area contributed by atoms with Gasteiger partial charge in [0.1, 0.15) is 0 Å². The van der Waals surface area contributed by atoms with Gasteiger partial charge in [-0.3, -0.25) is 4.79 Å². The summed E-state index contributed by atoms with van der Waals surface area (Å²) in [6.45, 7) is 1.79. The van der Waals surface area contributed by atoms with Crippen LogP contribution in [0.4, 0.5) is 0 Å². The molecular weight excluding hydrogens is 360 g/mol. The van der Waals surface area contributed by atoms with E-state index in [-0.39, 0.29) is 30.4 Å². The molecule has 136 valence electrons. The number of halogens is 1. The standard InChI is InChI=1S/C17H22N4O2S.ClH/c1-11-19-16(23-21-11)10-24-15-5-3-2-4-14(15)17(22)20-13-8-6-12(18)7-9-13;/h2-5,12-13H,6-10,18H2,1H3,(H,20,22);1H. The second kappa shape index (κ2) is 9.22. The Hall–Kier alpha value is -1.57. The summed E-state index contributed by atoms with van der Waals surface area (Å²) in [4.78, 5) is 17.7. The highest BCUT2D eigenvalue weighted by Gasteiger charge is 2.21. The molecule has 0 unspecified atom stereocenters. The Bertz CT molecular complexity index is 701. The molecule has 1 amide bonds. The first-order valence-electron chi connectivity index (χ1n) is 8.19. The number of rotatable bonds is 5. The van der Waals surface area contributed by atoms with Gasteiger partial charge in [-0.05, 0) is 44.7 Å². The summed E-state index contributed by atoms with van der Waals surface area (Å²) in [6, 6.07) is 8.10. The third kappa shape index (κ3) is 5.45. The van der Waals surface area contributed by atoms with Crippen molar-refractivity contribution in [1.82, 2.24) is 15.5 Å². The van der Waals surface area contributed by atoms with Crippen LogP contribution >= 0.6 is 24.2 Å². The maximum atomic E-state index is 12.6. The number of hydrogen-bond donors (Lipinski definition) is 2. The van der Waals surface area contributed by atoms with Gasteiger partial charge in [0, 0.05) is 17.0 Å². The molecule has 1 aromatic carbocycles. The van der Waals surface area contributed by atoms with Crippen molar-refractivity contribution in [1.29, 1.82) is 0 Å². The van der Waals surface area contributed by atoms with Crippen molar-refractivity contribution in [2.45, 2.75) is 55.3 Å². The van der Waals surface area contributed by atoms with Crippen LogP contribution in [0, 0.1) is 6.92 Å². The third-order valence-electron chi connectivity index (χ3n) is 4.16. The van der Waals surface area contributed by atoms with Crippen molar-refractivity contribution in [3.8, 4) is 0 Å². The number of carbonyl (C=O) groups excluding carboxylic acids is 1. The number of nitrogens with zero attached hydrogens (tertiary/aromatic N) is 2. The molecule has 0 spiro atoms. The van der Waals surface area contributed by atoms with Crippen molar-refractivity contribution < 1.29 is 9.32 Å². The molecule has 1 saturated carbocycles. The Morgan fingerprint density at radius 3 is 2.72 bits per heavy atom. The summed E-state index contributed by atoms with van der Waals surface area (Å²) >= 11 is 1.53. The lowest BCUT2D eigenvalue weighted by Crippen LogP contribution is -2.40. The zero-order valence-corrected chi connectivity index (χ0v) is 15.7. The SMILES string of the molecule is Cc1noc(CSc2ccccc2C(=O)NC2CCC(N)CC2)n1.Cl. The molecule has 1 heterocycles. The van der Waals surface area contributed by atoms with Crippen LogP contribution in [-0.4, -0.2) is 28.1 Å². The van der Waals surface area contributed by atoms with E-state index in [0.29, 0.717) is 23.0 Å². The van der Waals surface area contributed by atoms with Crippen molar-refractivity contribution in [3.05, 3.63) is 41.5 Å². The van der Waals surface area contributed by atoms with Gasteiger partial charge in [-0.15, -0.1) is 24.2 Å². The van der Waals surface area contributed by atoms with Crippen LogP contribution in [0.25, 0.3) is 0 Å². The minimum absolute atomic E-state index is 0. The van der Waals surface area contributed by atoms with Gasteiger partial charge in [-0.2, -0.15) is 4.98 Å². The average molecular weight is 383 g/mol. The maximum Gasteiger partial charge on any atom is 0.252 e. The number of amides is 1. The molecule has 2 aromatic rings. The van der Waals surface area contributed by atoms with Gasteiger partial charge in [-0.25, -0.2) is 0 Å². The Labute approximate surface area is 157 Å². The average Bonchev–Trinajstić information content (AvgIpc) is 3.01. The van der Waals surface area contributed by atoms with Crippen LogP contribution in [-0.2, 0) is 5.75 Å².